The van der Waals surface area contributed by atoms with E-state index in [4.69, 9.17) is 5.73 Å². The normalized spacial score (nSPS) is 14.6. The third-order valence-corrected chi connectivity index (χ3v) is 3.99. The number of hydrogen-bond donors (Lipinski definition) is 2. The molecule has 0 bridgehead atoms. The van der Waals surface area contributed by atoms with Gasteiger partial charge in [-0.05, 0) is 38.0 Å². The van der Waals surface area contributed by atoms with Crippen LogP contribution in [-0.4, -0.2) is 32.7 Å². The molecule has 0 saturated heterocycles. The lowest BCUT2D eigenvalue weighted by Crippen LogP contribution is -2.09. The van der Waals surface area contributed by atoms with Gasteiger partial charge in [-0.15, -0.1) is 5.10 Å². The van der Waals surface area contributed by atoms with Gasteiger partial charge in [0.15, 0.2) is 5.82 Å². The summed E-state index contributed by atoms with van der Waals surface area (Å²) < 4.78 is 1.75. The van der Waals surface area contributed by atoms with Crippen molar-refractivity contribution in [3.05, 3.63) is 30.1 Å². The molecule has 0 unspecified atom stereocenters. The van der Waals surface area contributed by atoms with Crippen molar-refractivity contribution < 1.29 is 0 Å². The fourth-order valence-electron chi connectivity index (χ4n) is 2.69. The maximum atomic E-state index is 5.82. The van der Waals surface area contributed by atoms with E-state index in [0.717, 1.165) is 46.8 Å². The molecule has 1 aliphatic carbocycles. The number of pyridine rings is 1. The van der Waals surface area contributed by atoms with Gasteiger partial charge in [-0.1, -0.05) is 0 Å². The Hall–Kier alpha value is -3.03. The molecule has 3 N–H and O–H groups in total. The van der Waals surface area contributed by atoms with Crippen molar-refractivity contribution in [2.24, 2.45) is 10.2 Å². The van der Waals surface area contributed by atoms with Gasteiger partial charge in [-0.2, -0.15) is 15.2 Å². The van der Waals surface area contributed by atoms with E-state index in [1.165, 1.54) is 0 Å². The number of hydrogen-bond acceptors (Lipinski definition) is 7. The summed E-state index contributed by atoms with van der Waals surface area (Å²) >= 11 is 0. The third kappa shape index (κ3) is 2.55. The molecule has 122 valence electrons. The van der Waals surface area contributed by atoms with Crippen LogP contribution in [0, 0.1) is 6.92 Å². The molecular weight excluding hydrogens is 304 g/mol. The van der Waals surface area contributed by atoms with Crippen LogP contribution in [0.4, 0.5) is 17.5 Å². The summed E-state index contributed by atoms with van der Waals surface area (Å²) in [5.74, 6) is 0.998. The van der Waals surface area contributed by atoms with Crippen molar-refractivity contribution in [2.45, 2.75) is 25.8 Å². The number of anilines is 2. The molecule has 4 rings (SSSR count). The van der Waals surface area contributed by atoms with Crippen LogP contribution in [-0.2, 0) is 0 Å². The molecule has 0 aromatic carbocycles. The average Bonchev–Trinajstić information content (AvgIpc) is 3.26. The summed E-state index contributed by atoms with van der Waals surface area (Å²) in [6, 6.07) is 6.29. The Labute approximate surface area is 138 Å². The van der Waals surface area contributed by atoms with Gasteiger partial charge in [0.1, 0.15) is 11.2 Å². The third-order valence-electron chi connectivity index (χ3n) is 3.99. The Bertz CT molecular complexity index is 939. The van der Waals surface area contributed by atoms with E-state index in [-0.39, 0.29) is 5.95 Å². The van der Waals surface area contributed by atoms with Crippen LogP contribution in [0.2, 0.25) is 0 Å². The molecule has 0 radical (unpaired) electrons. The van der Waals surface area contributed by atoms with Gasteiger partial charge in [0.25, 0.3) is 0 Å². The number of rotatable bonds is 4. The van der Waals surface area contributed by atoms with E-state index in [9.17, 15) is 0 Å². The Morgan fingerprint density at radius 3 is 2.79 bits per heavy atom. The van der Waals surface area contributed by atoms with Gasteiger partial charge in [0, 0.05) is 24.8 Å². The van der Waals surface area contributed by atoms with E-state index in [2.05, 4.69) is 30.6 Å². The smallest absolute Gasteiger partial charge is 0.240 e. The number of azo groups is 1. The zero-order valence-corrected chi connectivity index (χ0v) is 13.6. The first-order valence-electron chi connectivity index (χ1n) is 7.85. The minimum atomic E-state index is 0.246. The number of fused-ring (bicyclic) bond motifs is 1. The van der Waals surface area contributed by atoms with Gasteiger partial charge < -0.3 is 11.1 Å². The Kier molecular flexibility index (Phi) is 3.37. The number of aryl methyl sites for hydroxylation is 1. The zero-order chi connectivity index (χ0) is 16.7. The SMILES string of the molecule is CN=Nc1ccc(-c2ccn3nc(N)nc(NC4CC4)c23)nc1C. The van der Waals surface area contributed by atoms with E-state index in [1.54, 1.807) is 11.6 Å². The highest BCUT2D eigenvalue weighted by atomic mass is 15.3. The second kappa shape index (κ2) is 5.55. The average molecular weight is 322 g/mol. The molecule has 3 aromatic heterocycles. The topological polar surface area (TPSA) is 106 Å². The fraction of sp³-hybridized carbons (Fsp3) is 0.312. The predicted octanol–water partition coefficient (Wildman–Crippen LogP) is 2.97. The van der Waals surface area contributed by atoms with Crippen molar-refractivity contribution >= 4 is 23.0 Å². The fourth-order valence-corrected chi connectivity index (χ4v) is 2.69. The summed E-state index contributed by atoms with van der Waals surface area (Å²) in [5, 5.41) is 15.6. The number of nitrogens with two attached hydrogens (primary N) is 1. The van der Waals surface area contributed by atoms with Gasteiger partial charge >= 0.3 is 0 Å². The number of nitrogens with zero attached hydrogens (tertiary/aromatic N) is 6. The van der Waals surface area contributed by atoms with Gasteiger partial charge in [-0.25, -0.2) is 4.52 Å². The summed E-state index contributed by atoms with van der Waals surface area (Å²) in [4.78, 5) is 9.04. The lowest BCUT2D eigenvalue weighted by molar-refractivity contribution is 0.913. The zero-order valence-electron chi connectivity index (χ0n) is 13.6. The highest BCUT2D eigenvalue weighted by Gasteiger charge is 2.24. The number of nitrogen functional groups attached to an aromatic ring is 1. The maximum absolute atomic E-state index is 5.82. The van der Waals surface area contributed by atoms with Crippen LogP contribution >= 0.6 is 0 Å². The summed E-state index contributed by atoms with van der Waals surface area (Å²) in [7, 11) is 1.65. The van der Waals surface area contributed by atoms with Crippen molar-refractivity contribution in [1.29, 1.82) is 0 Å². The van der Waals surface area contributed by atoms with Crippen molar-refractivity contribution in [3.8, 4) is 11.3 Å². The Morgan fingerprint density at radius 2 is 2.08 bits per heavy atom. The number of aromatic nitrogens is 4. The molecule has 3 heterocycles. The molecule has 1 fully saturated rings. The van der Waals surface area contributed by atoms with Crippen LogP contribution in [0.5, 0.6) is 0 Å². The van der Waals surface area contributed by atoms with Gasteiger partial charge in [-0.3, -0.25) is 4.98 Å². The largest absolute Gasteiger partial charge is 0.366 e. The highest BCUT2D eigenvalue weighted by molar-refractivity contribution is 5.88. The van der Waals surface area contributed by atoms with E-state index >= 15 is 0 Å². The quantitative estimate of drug-likeness (QED) is 0.718. The molecule has 8 heteroatoms. The van der Waals surface area contributed by atoms with E-state index < -0.39 is 0 Å². The van der Waals surface area contributed by atoms with Crippen LogP contribution in [0.25, 0.3) is 16.8 Å². The molecule has 1 aliphatic rings. The molecule has 0 spiro atoms. The predicted molar refractivity (Wildman–Crippen MR) is 92.5 cm³/mol. The van der Waals surface area contributed by atoms with Gasteiger partial charge in [0.2, 0.25) is 5.95 Å². The monoisotopic (exact) mass is 322 g/mol. The molecule has 8 nitrogen and oxygen atoms in total. The molecule has 1 saturated carbocycles. The molecule has 24 heavy (non-hydrogen) atoms. The van der Waals surface area contributed by atoms with Crippen molar-refractivity contribution in [2.75, 3.05) is 18.1 Å². The number of nitrogens with one attached hydrogen (secondary N) is 1. The minimum absolute atomic E-state index is 0.246. The highest BCUT2D eigenvalue weighted by Crippen LogP contribution is 2.33. The molecule has 0 atom stereocenters. The Balaban J connectivity index is 1.86. The standard InChI is InChI=1S/C16H18N8/c1-9-12(22-18-2)5-6-13(19-9)11-7-8-24-14(11)15(20-10-3-4-10)21-16(17)23-24/h5-8,10H,3-4H2,1-2H3,(H3,17,20,21,23). The maximum Gasteiger partial charge on any atom is 0.240 e. The van der Waals surface area contributed by atoms with Crippen LogP contribution < -0.4 is 11.1 Å². The van der Waals surface area contributed by atoms with Crippen LogP contribution in [0.1, 0.15) is 18.5 Å². The minimum Gasteiger partial charge on any atom is -0.366 e. The van der Waals surface area contributed by atoms with Crippen molar-refractivity contribution in [3.63, 3.8) is 0 Å². The van der Waals surface area contributed by atoms with Crippen LogP contribution in [0.3, 0.4) is 0 Å². The molecular formula is C16H18N8. The summed E-state index contributed by atoms with van der Waals surface area (Å²) in [5.41, 5.74) is 10.1. The first-order valence-corrected chi connectivity index (χ1v) is 7.85. The molecule has 0 aliphatic heterocycles. The van der Waals surface area contributed by atoms with Crippen LogP contribution in [0.15, 0.2) is 34.6 Å². The second-order valence-electron chi connectivity index (χ2n) is 5.86. The molecule has 0 amide bonds. The van der Waals surface area contributed by atoms with E-state index in [1.807, 2.05) is 31.3 Å². The Morgan fingerprint density at radius 1 is 1.25 bits per heavy atom. The second-order valence-corrected chi connectivity index (χ2v) is 5.86. The lowest BCUT2D eigenvalue weighted by Gasteiger charge is -2.09. The van der Waals surface area contributed by atoms with Gasteiger partial charge in [0.05, 0.1) is 11.4 Å². The summed E-state index contributed by atoms with van der Waals surface area (Å²) in [6.45, 7) is 1.92. The summed E-state index contributed by atoms with van der Waals surface area (Å²) in [6.07, 6.45) is 4.18. The molecule has 3 aromatic rings. The van der Waals surface area contributed by atoms with Crippen molar-refractivity contribution in [1.82, 2.24) is 19.6 Å². The first-order chi connectivity index (χ1) is 11.7. The van der Waals surface area contributed by atoms with E-state index in [0.29, 0.717) is 6.04 Å². The lowest BCUT2D eigenvalue weighted by atomic mass is 10.1. The first kappa shape index (κ1) is 14.6.